The van der Waals surface area contributed by atoms with Gasteiger partial charge in [0.2, 0.25) is 0 Å². The van der Waals surface area contributed by atoms with Gasteiger partial charge in [-0.15, -0.1) is 0 Å². The minimum atomic E-state index is 0.330. The first kappa shape index (κ1) is 8.24. The SMILES string of the molecule is CN(C)N=C1CCCC(=O)C1. The molecule has 0 amide bonds. The Bertz CT molecular complexity index is 185. The lowest BCUT2D eigenvalue weighted by atomic mass is 9.97. The molecule has 3 nitrogen and oxygen atoms in total. The van der Waals surface area contributed by atoms with Crippen LogP contribution in [0.2, 0.25) is 0 Å². The summed E-state index contributed by atoms with van der Waals surface area (Å²) in [5.41, 5.74) is 1.03. The van der Waals surface area contributed by atoms with E-state index < -0.39 is 0 Å². The quantitative estimate of drug-likeness (QED) is 0.529. The molecule has 1 saturated carbocycles. The molecule has 11 heavy (non-hydrogen) atoms. The summed E-state index contributed by atoms with van der Waals surface area (Å²) in [5.74, 6) is 0.330. The molecular weight excluding hydrogens is 140 g/mol. The Morgan fingerprint density at radius 1 is 1.36 bits per heavy atom. The standard InChI is InChI=1S/C8H14N2O/c1-10(2)9-7-4-3-5-8(11)6-7/h3-6H2,1-2H3. The molecule has 1 aliphatic carbocycles. The predicted octanol–water partition coefficient (Wildman–Crippen LogP) is 1.05. The van der Waals surface area contributed by atoms with Crippen LogP contribution in [0.25, 0.3) is 0 Å². The van der Waals surface area contributed by atoms with Crippen LogP contribution in [0.1, 0.15) is 25.7 Å². The van der Waals surface area contributed by atoms with Crippen LogP contribution >= 0.6 is 0 Å². The number of carbonyl (C=O) groups is 1. The van der Waals surface area contributed by atoms with E-state index in [9.17, 15) is 4.79 Å². The Hall–Kier alpha value is -0.860. The third-order valence-corrected chi connectivity index (χ3v) is 1.66. The van der Waals surface area contributed by atoms with Gasteiger partial charge in [-0.1, -0.05) is 0 Å². The van der Waals surface area contributed by atoms with E-state index in [0.717, 1.165) is 25.0 Å². The van der Waals surface area contributed by atoms with E-state index in [1.807, 2.05) is 14.1 Å². The zero-order valence-electron chi connectivity index (χ0n) is 7.13. The van der Waals surface area contributed by atoms with Crippen molar-refractivity contribution in [2.24, 2.45) is 5.10 Å². The molecule has 0 heterocycles. The second-order valence-corrected chi connectivity index (χ2v) is 3.08. The lowest BCUT2D eigenvalue weighted by molar-refractivity contribution is -0.118. The van der Waals surface area contributed by atoms with Crippen molar-refractivity contribution < 1.29 is 4.79 Å². The predicted molar refractivity (Wildman–Crippen MR) is 44.6 cm³/mol. The number of nitrogens with zero attached hydrogens (tertiary/aromatic N) is 2. The third-order valence-electron chi connectivity index (χ3n) is 1.66. The Kier molecular flexibility index (Phi) is 2.63. The van der Waals surface area contributed by atoms with Crippen molar-refractivity contribution in [1.29, 1.82) is 0 Å². The number of ketones is 1. The van der Waals surface area contributed by atoms with E-state index >= 15 is 0 Å². The third kappa shape index (κ3) is 2.70. The number of Topliss-reactive ketones (excluding diaryl/α,β-unsaturated/α-hetero) is 1. The minimum Gasteiger partial charge on any atom is -0.303 e. The molecule has 1 rings (SSSR count). The van der Waals surface area contributed by atoms with Crippen LogP contribution in [0.3, 0.4) is 0 Å². The van der Waals surface area contributed by atoms with Crippen molar-refractivity contribution in [2.45, 2.75) is 25.7 Å². The highest BCUT2D eigenvalue weighted by molar-refractivity contribution is 6.03. The van der Waals surface area contributed by atoms with Crippen molar-refractivity contribution in [3.63, 3.8) is 0 Å². The zero-order chi connectivity index (χ0) is 8.27. The van der Waals surface area contributed by atoms with E-state index in [1.165, 1.54) is 0 Å². The molecule has 0 unspecified atom stereocenters. The monoisotopic (exact) mass is 154 g/mol. The Balaban J connectivity index is 2.52. The van der Waals surface area contributed by atoms with Gasteiger partial charge >= 0.3 is 0 Å². The highest BCUT2D eigenvalue weighted by atomic mass is 16.1. The maximum absolute atomic E-state index is 11.0. The van der Waals surface area contributed by atoms with E-state index in [-0.39, 0.29) is 0 Å². The molecule has 0 atom stereocenters. The maximum Gasteiger partial charge on any atom is 0.138 e. The van der Waals surface area contributed by atoms with Gasteiger partial charge in [0.1, 0.15) is 5.78 Å². The van der Waals surface area contributed by atoms with E-state index in [2.05, 4.69) is 5.10 Å². The summed E-state index contributed by atoms with van der Waals surface area (Å²) in [5, 5.41) is 5.97. The van der Waals surface area contributed by atoms with Crippen LogP contribution in [-0.2, 0) is 4.79 Å². The van der Waals surface area contributed by atoms with Crippen LogP contribution in [0.5, 0.6) is 0 Å². The van der Waals surface area contributed by atoms with Gasteiger partial charge in [-0.3, -0.25) is 4.79 Å². The fourth-order valence-corrected chi connectivity index (χ4v) is 1.26. The Morgan fingerprint density at radius 2 is 2.09 bits per heavy atom. The number of carbonyl (C=O) groups excluding carboxylic acids is 1. The lowest BCUT2D eigenvalue weighted by Gasteiger charge is -2.14. The summed E-state index contributed by atoms with van der Waals surface area (Å²) < 4.78 is 0. The second-order valence-electron chi connectivity index (χ2n) is 3.08. The molecule has 0 spiro atoms. The summed E-state index contributed by atoms with van der Waals surface area (Å²) in [6.45, 7) is 0. The number of hydrogen-bond acceptors (Lipinski definition) is 3. The summed E-state index contributed by atoms with van der Waals surface area (Å²) in [6, 6.07) is 0. The Morgan fingerprint density at radius 3 is 2.64 bits per heavy atom. The van der Waals surface area contributed by atoms with Crippen molar-refractivity contribution >= 4 is 11.5 Å². The average molecular weight is 154 g/mol. The number of hydrazone groups is 1. The zero-order valence-corrected chi connectivity index (χ0v) is 7.13. The molecule has 0 bridgehead atoms. The topological polar surface area (TPSA) is 32.7 Å². The van der Waals surface area contributed by atoms with Gasteiger partial charge in [-0.25, -0.2) is 0 Å². The molecule has 0 aromatic carbocycles. The summed E-state index contributed by atoms with van der Waals surface area (Å²) in [4.78, 5) is 11.0. The van der Waals surface area contributed by atoms with Gasteiger partial charge in [0, 0.05) is 32.6 Å². The van der Waals surface area contributed by atoms with Gasteiger partial charge in [0.15, 0.2) is 0 Å². The molecular formula is C8H14N2O. The Labute approximate surface area is 67.1 Å². The summed E-state index contributed by atoms with van der Waals surface area (Å²) in [7, 11) is 3.76. The number of hydrogen-bond donors (Lipinski definition) is 0. The highest BCUT2D eigenvalue weighted by Crippen LogP contribution is 2.11. The first-order valence-electron chi connectivity index (χ1n) is 3.94. The number of rotatable bonds is 1. The van der Waals surface area contributed by atoms with Crippen molar-refractivity contribution in [3.8, 4) is 0 Å². The van der Waals surface area contributed by atoms with Gasteiger partial charge in [0.25, 0.3) is 0 Å². The maximum atomic E-state index is 11.0. The molecule has 0 saturated heterocycles. The van der Waals surface area contributed by atoms with Crippen LogP contribution < -0.4 is 0 Å². The molecule has 0 aromatic rings. The normalized spacial score (nSPS) is 22.4. The molecule has 0 N–H and O–H groups in total. The van der Waals surface area contributed by atoms with Crippen molar-refractivity contribution in [3.05, 3.63) is 0 Å². The molecule has 1 fully saturated rings. The van der Waals surface area contributed by atoms with Crippen LogP contribution in [0, 0.1) is 0 Å². The first-order valence-corrected chi connectivity index (χ1v) is 3.94. The molecule has 62 valence electrons. The lowest BCUT2D eigenvalue weighted by Crippen LogP contribution is -2.17. The molecule has 0 radical (unpaired) electrons. The largest absolute Gasteiger partial charge is 0.303 e. The van der Waals surface area contributed by atoms with Crippen LogP contribution in [0.4, 0.5) is 0 Å². The van der Waals surface area contributed by atoms with Crippen LogP contribution in [-0.4, -0.2) is 30.6 Å². The van der Waals surface area contributed by atoms with Crippen LogP contribution in [0.15, 0.2) is 5.10 Å². The average Bonchev–Trinajstić information content (AvgIpc) is 1.85. The second kappa shape index (κ2) is 3.51. The first-order chi connectivity index (χ1) is 5.18. The van der Waals surface area contributed by atoms with Crippen molar-refractivity contribution in [2.75, 3.05) is 14.1 Å². The van der Waals surface area contributed by atoms with E-state index in [4.69, 9.17) is 0 Å². The molecule has 0 aliphatic heterocycles. The smallest absolute Gasteiger partial charge is 0.138 e. The summed E-state index contributed by atoms with van der Waals surface area (Å²) >= 11 is 0. The van der Waals surface area contributed by atoms with Gasteiger partial charge < -0.3 is 5.01 Å². The van der Waals surface area contributed by atoms with E-state index in [0.29, 0.717) is 12.2 Å². The molecule has 3 heteroatoms. The highest BCUT2D eigenvalue weighted by Gasteiger charge is 2.14. The van der Waals surface area contributed by atoms with Gasteiger partial charge in [0.05, 0.1) is 0 Å². The molecule has 1 aliphatic rings. The fraction of sp³-hybridized carbons (Fsp3) is 0.750. The molecule has 0 aromatic heterocycles. The minimum absolute atomic E-state index is 0.330. The van der Waals surface area contributed by atoms with Gasteiger partial charge in [-0.05, 0) is 12.8 Å². The fourth-order valence-electron chi connectivity index (χ4n) is 1.26. The van der Waals surface area contributed by atoms with Gasteiger partial charge in [-0.2, -0.15) is 5.10 Å². The summed E-state index contributed by atoms with van der Waals surface area (Å²) in [6.07, 6.45) is 3.28. The van der Waals surface area contributed by atoms with E-state index in [1.54, 1.807) is 5.01 Å². The van der Waals surface area contributed by atoms with Crippen molar-refractivity contribution in [1.82, 2.24) is 5.01 Å².